The fourth-order valence-corrected chi connectivity index (χ4v) is 7.64. The summed E-state index contributed by atoms with van der Waals surface area (Å²) in [5.41, 5.74) is 0. The van der Waals surface area contributed by atoms with Crippen molar-refractivity contribution in [2.75, 3.05) is 26.7 Å². The molecular weight excluding hydrogens is 190 g/mol. The van der Waals surface area contributed by atoms with E-state index >= 15 is 0 Å². The van der Waals surface area contributed by atoms with Crippen LogP contribution in [-0.2, 0) is 27.9 Å². The van der Waals surface area contributed by atoms with E-state index in [-0.39, 0.29) is 0 Å². The molecule has 0 aromatic heterocycles. The zero-order chi connectivity index (χ0) is 7.71. The first-order chi connectivity index (χ1) is 3.71. The van der Waals surface area contributed by atoms with Crippen molar-refractivity contribution in [1.82, 2.24) is 0 Å². The van der Waals surface area contributed by atoms with Gasteiger partial charge in [0, 0.05) is 0 Å². The fourth-order valence-electron chi connectivity index (χ4n) is 0.474. The molecule has 0 unspecified atom stereocenters. The van der Waals surface area contributed by atoms with Gasteiger partial charge in [-0.2, -0.15) is 0 Å². The molecule has 9 heavy (non-hydrogen) atoms. The van der Waals surface area contributed by atoms with Crippen molar-refractivity contribution in [3.8, 4) is 0 Å². The Bertz CT molecular complexity index is 157. The first-order valence-corrected chi connectivity index (χ1v) is 9.75. The van der Waals surface area contributed by atoms with Crippen LogP contribution in [-0.4, -0.2) is 26.7 Å². The van der Waals surface area contributed by atoms with Crippen LogP contribution in [0.2, 0.25) is 0 Å². The Morgan fingerprint density at radius 3 is 1.11 bits per heavy atom. The minimum atomic E-state index is -1.51. The van der Waals surface area contributed by atoms with Gasteiger partial charge >= 0.3 is 0 Å². The smallest absolute Gasteiger partial charge is 0.0671 e. The average molecular weight is 202 g/mol. The number of rotatable bonds is 2. The molecule has 0 aromatic carbocycles. The Morgan fingerprint density at radius 2 is 1.11 bits per heavy atom. The maximum atomic E-state index is 5.48. The van der Waals surface area contributed by atoms with E-state index in [1.165, 1.54) is 0 Å². The van der Waals surface area contributed by atoms with E-state index < -0.39 is 12.5 Å². The highest BCUT2D eigenvalue weighted by Gasteiger charge is 2.09. The van der Waals surface area contributed by atoms with Crippen molar-refractivity contribution in [2.24, 2.45) is 0 Å². The van der Waals surface area contributed by atoms with Gasteiger partial charge in [-0.05, 0) is 26.7 Å². The molecule has 0 aliphatic heterocycles. The van der Waals surface area contributed by atoms with Gasteiger partial charge in [0.05, 0.1) is 12.5 Å². The maximum absolute atomic E-state index is 5.48. The van der Waals surface area contributed by atoms with Gasteiger partial charge in [-0.15, -0.1) is 0 Å². The molecule has 0 aliphatic carbocycles. The van der Waals surface area contributed by atoms with Crippen LogP contribution in [0.15, 0.2) is 0 Å². The molecule has 0 aliphatic rings. The third kappa shape index (κ3) is 9.26. The first-order valence-electron chi connectivity index (χ1n) is 2.52. The maximum Gasteiger partial charge on any atom is 0.0671 e. The lowest BCUT2D eigenvalue weighted by molar-refractivity contribution is 0.699. The van der Waals surface area contributed by atoms with Crippen molar-refractivity contribution >= 4 is 36.1 Å². The highest BCUT2D eigenvalue weighted by molar-refractivity contribution is 8.19. The van der Waals surface area contributed by atoms with Crippen LogP contribution in [0.25, 0.3) is 0 Å². The van der Waals surface area contributed by atoms with E-state index in [4.69, 9.17) is 27.9 Å². The molecule has 0 radical (unpaired) electrons. The SMILES string of the molecule is CP(C)(=S)OP(C)(C)=S. The Labute approximate surface area is 67.4 Å². The second kappa shape index (κ2) is 3.11. The molecule has 0 bridgehead atoms. The van der Waals surface area contributed by atoms with Crippen LogP contribution in [0.1, 0.15) is 0 Å². The number of hydrogen-bond acceptors (Lipinski definition) is 3. The lowest BCUT2D eigenvalue weighted by atomic mass is 11.9. The fraction of sp³-hybridized carbons (Fsp3) is 1.00. The van der Waals surface area contributed by atoms with Crippen LogP contribution in [0.4, 0.5) is 0 Å². The average Bonchev–Trinajstić information content (AvgIpc) is 1.14. The normalized spacial score (nSPS) is 13.8. The van der Waals surface area contributed by atoms with E-state index in [1.807, 2.05) is 26.7 Å². The van der Waals surface area contributed by atoms with Gasteiger partial charge in [-0.25, -0.2) is 0 Å². The summed E-state index contributed by atoms with van der Waals surface area (Å²) < 4.78 is 5.48. The lowest BCUT2D eigenvalue weighted by Crippen LogP contribution is -1.81. The van der Waals surface area contributed by atoms with Crippen molar-refractivity contribution in [2.45, 2.75) is 0 Å². The van der Waals surface area contributed by atoms with Crippen molar-refractivity contribution in [3.05, 3.63) is 0 Å². The quantitative estimate of drug-likeness (QED) is 0.636. The molecule has 0 rings (SSSR count). The van der Waals surface area contributed by atoms with E-state index in [2.05, 4.69) is 0 Å². The summed E-state index contributed by atoms with van der Waals surface area (Å²) in [6.07, 6.45) is -3.02. The molecule has 0 atom stereocenters. The van der Waals surface area contributed by atoms with Crippen molar-refractivity contribution < 1.29 is 4.31 Å². The van der Waals surface area contributed by atoms with Gasteiger partial charge in [-0.3, -0.25) is 0 Å². The Hall–Kier alpha value is 1.26. The Kier molecular flexibility index (Phi) is 3.54. The van der Waals surface area contributed by atoms with Crippen LogP contribution in [0, 0.1) is 0 Å². The zero-order valence-corrected chi connectivity index (χ0v) is 9.54. The molecule has 5 heteroatoms. The third-order valence-corrected chi connectivity index (χ3v) is 4.74. The van der Waals surface area contributed by atoms with Gasteiger partial charge in [0.25, 0.3) is 0 Å². The molecule has 56 valence electrons. The molecule has 0 fully saturated rings. The van der Waals surface area contributed by atoms with E-state index in [1.54, 1.807) is 0 Å². The van der Waals surface area contributed by atoms with Crippen LogP contribution < -0.4 is 0 Å². The summed E-state index contributed by atoms with van der Waals surface area (Å²) in [6.45, 7) is 7.82. The predicted molar refractivity (Wildman–Crippen MR) is 53.4 cm³/mol. The molecule has 1 nitrogen and oxygen atoms in total. The highest BCUT2D eigenvalue weighted by Crippen LogP contribution is 2.55. The monoisotopic (exact) mass is 202 g/mol. The molecule has 0 heterocycles. The lowest BCUT2D eigenvalue weighted by Gasteiger charge is -2.17. The van der Waals surface area contributed by atoms with Gasteiger partial charge in [0.2, 0.25) is 0 Å². The Balaban J connectivity index is 4.07. The van der Waals surface area contributed by atoms with E-state index in [9.17, 15) is 0 Å². The summed E-state index contributed by atoms with van der Waals surface area (Å²) in [7, 11) is 0. The molecule has 0 spiro atoms. The minimum Gasteiger partial charge on any atom is -0.322 e. The topological polar surface area (TPSA) is 9.23 Å². The second-order valence-corrected chi connectivity index (χ2v) is 13.5. The van der Waals surface area contributed by atoms with Crippen molar-refractivity contribution in [1.29, 1.82) is 0 Å². The standard InChI is InChI=1S/C4H12OP2S2/c1-6(2,8)5-7(3,4)9/h1-4H3. The van der Waals surface area contributed by atoms with Gasteiger partial charge in [-0.1, -0.05) is 23.6 Å². The predicted octanol–water partition coefficient (Wildman–Crippen LogP) is 2.31. The van der Waals surface area contributed by atoms with Crippen LogP contribution >= 0.6 is 12.5 Å². The number of hydrogen-bond donors (Lipinski definition) is 0. The summed E-state index contributed by atoms with van der Waals surface area (Å²) >= 11 is 10.2. The van der Waals surface area contributed by atoms with Crippen LogP contribution in [0.5, 0.6) is 0 Å². The van der Waals surface area contributed by atoms with E-state index in [0.29, 0.717) is 0 Å². The van der Waals surface area contributed by atoms with Crippen molar-refractivity contribution in [3.63, 3.8) is 0 Å². The van der Waals surface area contributed by atoms with Gasteiger partial charge in [0.1, 0.15) is 0 Å². The third-order valence-electron chi connectivity index (χ3n) is 0.393. The molecular formula is C4H12OP2S2. The molecule has 0 aromatic rings. The molecule has 0 saturated heterocycles. The minimum absolute atomic E-state index is 1.51. The van der Waals surface area contributed by atoms with Gasteiger partial charge < -0.3 is 4.31 Å². The molecule has 0 saturated carbocycles. The summed E-state index contributed by atoms with van der Waals surface area (Å²) in [5.74, 6) is 0. The largest absolute Gasteiger partial charge is 0.322 e. The zero-order valence-electron chi connectivity index (χ0n) is 6.12. The molecule has 0 N–H and O–H groups in total. The molecule has 0 amide bonds. The van der Waals surface area contributed by atoms with Gasteiger partial charge in [0.15, 0.2) is 0 Å². The summed E-state index contributed by atoms with van der Waals surface area (Å²) in [5, 5.41) is 0. The van der Waals surface area contributed by atoms with E-state index in [0.717, 1.165) is 0 Å². The summed E-state index contributed by atoms with van der Waals surface area (Å²) in [4.78, 5) is 0. The van der Waals surface area contributed by atoms with Crippen LogP contribution in [0.3, 0.4) is 0 Å². The second-order valence-electron chi connectivity index (χ2n) is 2.59. The first kappa shape index (κ1) is 10.3. The summed E-state index contributed by atoms with van der Waals surface area (Å²) in [6, 6.07) is 0. The Morgan fingerprint density at radius 1 is 0.889 bits per heavy atom. The highest BCUT2D eigenvalue weighted by atomic mass is 32.5.